The van der Waals surface area contributed by atoms with Crippen LogP contribution in [-0.2, 0) is 6.61 Å². The Morgan fingerprint density at radius 3 is 2.58 bits per heavy atom. The maximum atomic E-state index is 10.3. The van der Waals surface area contributed by atoms with Crippen molar-refractivity contribution >= 4 is 5.69 Å². The lowest BCUT2D eigenvalue weighted by Crippen LogP contribution is -1.95. The zero-order chi connectivity index (χ0) is 9.14. The standard InChI is InChI=1S/C7H7NO4/c9-4-5-6(8(11)12)2-1-3-7(5)10/h1-3,9-10H,4H2. The largest absolute Gasteiger partial charge is 0.507 e. The van der Waals surface area contributed by atoms with Gasteiger partial charge in [0.05, 0.1) is 17.1 Å². The van der Waals surface area contributed by atoms with Crippen molar-refractivity contribution in [2.75, 3.05) is 0 Å². The first-order chi connectivity index (χ1) is 5.66. The number of nitrogens with zero attached hydrogens (tertiary/aromatic N) is 1. The highest BCUT2D eigenvalue weighted by Crippen LogP contribution is 2.26. The van der Waals surface area contributed by atoms with Gasteiger partial charge in [-0.15, -0.1) is 0 Å². The summed E-state index contributed by atoms with van der Waals surface area (Å²) in [6.07, 6.45) is 0. The third-order valence-corrected chi connectivity index (χ3v) is 1.48. The predicted octanol–water partition coefficient (Wildman–Crippen LogP) is 0.793. The van der Waals surface area contributed by atoms with Gasteiger partial charge in [0.15, 0.2) is 0 Å². The molecule has 0 saturated heterocycles. The topological polar surface area (TPSA) is 83.6 Å². The van der Waals surface area contributed by atoms with Crippen LogP contribution >= 0.6 is 0 Å². The third kappa shape index (κ3) is 1.35. The summed E-state index contributed by atoms with van der Waals surface area (Å²) >= 11 is 0. The molecule has 0 aliphatic rings. The Labute approximate surface area is 68.0 Å². The van der Waals surface area contributed by atoms with Gasteiger partial charge in [0.1, 0.15) is 5.75 Å². The highest BCUT2D eigenvalue weighted by Gasteiger charge is 2.15. The molecule has 0 heterocycles. The van der Waals surface area contributed by atoms with Crippen molar-refractivity contribution in [2.45, 2.75) is 6.61 Å². The Balaban J connectivity index is 3.27. The molecular weight excluding hydrogens is 162 g/mol. The van der Waals surface area contributed by atoms with Gasteiger partial charge in [0.25, 0.3) is 5.69 Å². The number of nitro groups is 1. The maximum absolute atomic E-state index is 10.3. The van der Waals surface area contributed by atoms with E-state index in [1.54, 1.807) is 0 Å². The molecule has 5 heteroatoms. The first-order valence-electron chi connectivity index (χ1n) is 3.23. The predicted molar refractivity (Wildman–Crippen MR) is 40.7 cm³/mol. The molecule has 0 aliphatic heterocycles. The van der Waals surface area contributed by atoms with E-state index in [0.717, 1.165) is 0 Å². The van der Waals surface area contributed by atoms with E-state index < -0.39 is 11.5 Å². The van der Waals surface area contributed by atoms with E-state index in [1.807, 2.05) is 0 Å². The minimum absolute atomic E-state index is 0.0532. The van der Waals surface area contributed by atoms with Crippen molar-refractivity contribution < 1.29 is 15.1 Å². The number of nitro benzene ring substituents is 1. The highest BCUT2D eigenvalue weighted by molar-refractivity contribution is 5.48. The molecule has 0 radical (unpaired) electrons. The Morgan fingerprint density at radius 2 is 2.17 bits per heavy atom. The van der Waals surface area contributed by atoms with Crippen LogP contribution < -0.4 is 0 Å². The number of rotatable bonds is 2. The lowest BCUT2D eigenvalue weighted by molar-refractivity contribution is -0.385. The minimum Gasteiger partial charge on any atom is -0.507 e. The number of phenols is 1. The van der Waals surface area contributed by atoms with Gasteiger partial charge in [-0.05, 0) is 6.07 Å². The zero-order valence-electron chi connectivity index (χ0n) is 6.10. The SMILES string of the molecule is O=[N+]([O-])c1cccc(O)c1CO. The number of aromatic hydroxyl groups is 1. The van der Waals surface area contributed by atoms with Gasteiger partial charge >= 0.3 is 0 Å². The molecular formula is C7H7NO4. The number of aliphatic hydroxyl groups is 1. The number of hydrogen-bond acceptors (Lipinski definition) is 4. The molecule has 0 aliphatic carbocycles. The minimum atomic E-state index is -0.648. The molecule has 0 atom stereocenters. The number of hydrogen-bond donors (Lipinski definition) is 2. The van der Waals surface area contributed by atoms with E-state index in [-0.39, 0.29) is 17.0 Å². The van der Waals surface area contributed by atoms with Gasteiger partial charge in [0.2, 0.25) is 0 Å². The van der Waals surface area contributed by atoms with Crippen LogP contribution in [0.5, 0.6) is 5.75 Å². The first-order valence-corrected chi connectivity index (χ1v) is 3.23. The average Bonchev–Trinajstić information content (AvgIpc) is 2.03. The Morgan fingerprint density at radius 1 is 1.50 bits per heavy atom. The summed E-state index contributed by atoms with van der Waals surface area (Å²) in [6.45, 7) is -0.539. The maximum Gasteiger partial charge on any atom is 0.278 e. The highest BCUT2D eigenvalue weighted by atomic mass is 16.6. The molecule has 1 aromatic carbocycles. The fourth-order valence-electron chi connectivity index (χ4n) is 0.896. The molecule has 5 nitrogen and oxygen atoms in total. The van der Waals surface area contributed by atoms with Gasteiger partial charge < -0.3 is 10.2 Å². The molecule has 1 aromatic rings. The molecule has 0 unspecified atom stereocenters. The van der Waals surface area contributed by atoms with Crippen LogP contribution in [0.3, 0.4) is 0 Å². The lowest BCUT2D eigenvalue weighted by atomic mass is 10.2. The smallest absolute Gasteiger partial charge is 0.278 e. The Kier molecular flexibility index (Phi) is 2.25. The lowest BCUT2D eigenvalue weighted by Gasteiger charge is -2.00. The Hall–Kier alpha value is -1.62. The van der Waals surface area contributed by atoms with Crippen molar-refractivity contribution in [3.05, 3.63) is 33.9 Å². The van der Waals surface area contributed by atoms with Gasteiger partial charge in [0, 0.05) is 6.07 Å². The monoisotopic (exact) mass is 169 g/mol. The summed E-state index contributed by atoms with van der Waals surface area (Å²) in [5.74, 6) is -0.258. The second-order valence-electron chi connectivity index (χ2n) is 2.19. The van der Waals surface area contributed by atoms with Gasteiger partial charge in [-0.25, -0.2) is 0 Å². The third-order valence-electron chi connectivity index (χ3n) is 1.48. The molecule has 0 fully saturated rings. The summed E-state index contributed by atoms with van der Waals surface area (Å²) in [6, 6.07) is 3.87. The van der Waals surface area contributed by atoms with E-state index >= 15 is 0 Å². The van der Waals surface area contributed by atoms with Crippen LogP contribution in [0.15, 0.2) is 18.2 Å². The molecule has 1 rings (SSSR count). The summed E-state index contributed by atoms with van der Waals surface area (Å²) in [5.41, 5.74) is -0.319. The van der Waals surface area contributed by atoms with Crippen LogP contribution in [0.25, 0.3) is 0 Å². The van der Waals surface area contributed by atoms with Crippen molar-refractivity contribution in [3.8, 4) is 5.75 Å². The van der Waals surface area contributed by atoms with Crippen molar-refractivity contribution in [3.63, 3.8) is 0 Å². The van der Waals surface area contributed by atoms with E-state index in [4.69, 9.17) is 10.2 Å². The van der Waals surface area contributed by atoms with E-state index in [1.165, 1.54) is 18.2 Å². The van der Waals surface area contributed by atoms with Crippen molar-refractivity contribution in [1.82, 2.24) is 0 Å². The van der Waals surface area contributed by atoms with E-state index in [9.17, 15) is 10.1 Å². The van der Waals surface area contributed by atoms with E-state index in [2.05, 4.69) is 0 Å². The van der Waals surface area contributed by atoms with Crippen LogP contribution in [-0.4, -0.2) is 15.1 Å². The normalized spacial score (nSPS) is 9.75. The van der Waals surface area contributed by atoms with Crippen LogP contribution in [0.4, 0.5) is 5.69 Å². The fraction of sp³-hybridized carbons (Fsp3) is 0.143. The van der Waals surface area contributed by atoms with Crippen LogP contribution in [0, 0.1) is 10.1 Å². The summed E-state index contributed by atoms with van der Waals surface area (Å²) in [4.78, 5) is 9.67. The van der Waals surface area contributed by atoms with Crippen LogP contribution in [0.2, 0.25) is 0 Å². The molecule has 0 aromatic heterocycles. The first kappa shape index (κ1) is 8.48. The molecule has 0 spiro atoms. The van der Waals surface area contributed by atoms with E-state index in [0.29, 0.717) is 0 Å². The quantitative estimate of drug-likeness (QED) is 0.506. The second-order valence-corrected chi connectivity index (χ2v) is 2.19. The van der Waals surface area contributed by atoms with Gasteiger partial charge in [-0.3, -0.25) is 10.1 Å². The average molecular weight is 169 g/mol. The second kappa shape index (κ2) is 3.19. The van der Waals surface area contributed by atoms with Crippen molar-refractivity contribution in [1.29, 1.82) is 0 Å². The van der Waals surface area contributed by atoms with Gasteiger partial charge in [-0.2, -0.15) is 0 Å². The molecule has 12 heavy (non-hydrogen) atoms. The van der Waals surface area contributed by atoms with Crippen molar-refractivity contribution in [2.24, 2.45) is 0 Å². The number of benzene rings is 1. The zero-order valence-corrected chi connectivity index (χ0v) is 6.10. The summed E-state index contributed by atoms with van der Waals surface area (Å²) < 4.78 is 0. The van der Waals surface area contributed by atoms with Crippen LogP contribution in [0.1, 0.15) is 5.56 Å². The molecule has 2 N–H and O–H groups in total. The summed E-state index contributed by atoms with van der Waals surface area (Å²) in [7, 11) is 0. The molecule has 0 bridgehead atoms. The number of aliphatic hydroxyl groups excluding tert-OH is 1. The summed E-state index contributed by atoms with van der Waals surface area (Å²) in [5, 5.41) is 28.1. The molecule has 0 amide bonds. The fourth-order valence-corrected chi connectivity index (χ4v) is 0.896. The Bertz CT molecular complexity index is 310. The molecule has 64 valence electrons. The molecule has 0 saturated carbocycles. The van der Waals surface area contributed by atoms with Gasteiger partial charge in [-0.1, -0.05) is 6.07 Å².